The maximum Gasteiger partial charge on any atom is 0.340 e. The van der Waals surface area contributed by atoms with Crippen LogP contribution in [-0.2, 0) is 36.6 Å². The molecule has 0 radical (unpaired) electrons. The quantitative estimate of drug-likeness (QED) is 0.0353. The first-order valence-corrected chi connectivity index (χ1v) is 19.8. The molecule has 0 bridgehead atoms. The number of dihydropyridines is 1. The van der Waals surface area contributed by atoms with Crippen molar-refractivity contribution in [2.24, 2.45) is 5.73 Å². The van der Waals surface area contributed by atoms with Gasteiger partial charge in [-0.05, 0) is 42.3 Å². The standard InChI is InChI=1S/C42H43N3O20/c43-26-4-3-16(14-45-26)20-11-18(10-19-2-1-6-44-19)42(36(55)32(52)31(51)34(65-42)39(58)63-40-33(53)35(54)41(59,60)37(62-40)38(56)57)64-25-13-24-28(30(50)27(20)25)21(47)12-23(61-24)17-8-15(5-7-46)29(49)22(48)9-17/h1-4,6,8-9,11-14,20,26,31-37,40,44-46,48-55,59-60H,5,7,10,43H2,(H,56,57)/t20-,26?,31+,32+,33-,34+,35-,36-,37-,40-,42+/m1/s1. The first-order valence-electron chi connectivity index (χ1n) is 19.8. The third-order valence-electron chi connectivity index (χ3n) is 11.6. The van der Waals surface area contributed by atoms with Gasteiger partial charge < -0.3 is 101 Å². The molecule has 0 amide bonds. The van der Waals surface area contributed by atoms with Gasteiger partial charge in [0, 0.05) is 71.4 Å². The molecule has 2 saturated heterocycles. The molecule has 2 aromatic carbocycles. The van der Waals surface area contributed by atoms with Crippen LogP contribution in [0.3, 0.4) is 0 Å². The topological polar surface area (TPSA) is 398 Å². The number of allylic oxidation sites excluding steroid dienone is 3. The number of phenols is 3. The lowest BCUT2D eigenvalue weighted by molar-refractivity contribution is -0.374. The SMILES string of the molecule is NC1C=CC([C@H]2C=C(Cc3ccc[nH]3)[C@]3(Oc4cc5oc(-c6cc(O)c(O)c(CCO)c6)cc(=O)c5c(O)c42)O[C@H](C(=O)O[C@H]2O[C@H](C(=O)O)C(O)(O)[C@H](O)[C@H]2O)[C@@H](O)[C@H](O)[C@H]3O)=CN1. The highest BCUT2D eigenvalue weighted by Crippen LogP contribution is 2.52. The van der Waals surface area contributed by atoms with E-state index in [-0.39, 0.29) is 51.8 Å². The first kappa shape index (κ1) is 45.2. The summed E-state index contributed by atoms with van der Waals surface area (Å²) in [5.74, 6) is -13.8. The molecule has 23 nitrogen and oxygen atoms in total. The number of nitrogens with two attached hydrogens (primary N) is 1. The van der Waals surface area contributed by atoms with E-state index in [0.717, 1.165) is 18.2 Å². The number of fused-ring (bicyclic) bond motifs is 2. The van der Waals surface area contributed by atoms with Crippen LogP contribution in [0.4, 0.5) is 0 Å². The maximum absolute atomic E-state index is 14.0. The van der Waals surface area contributed by atoms with Crippen LogP contribution in [0, 0.1) is 0 Å². The third kappa shape index (κ3) is 7.76. The van der Waals surface area contributed by atoms with E-state index >= 15 is 0 Å². The lowest BCUT2D eigenvalue weighted by Gasteiger charge is -2.48. The fourth-order valence-electron chi connectivity index (χ4n) is 8.26. The Morgan fingerprint density at radius 2 is 1.71 bits per heavy atom. The molecule has 346 valence electrons. The molecule has 6 heterocycles. The van der Waals surface area contributed by atoms with Crippen molar-refractivity contribution in [3.63, 3.8) is 0 Å². The van der Waals surface area contributed by atoms with Crippen molar-refractivity contribution in [1.29, 1.82) is 0 Å². The van der Waals surface area contributed by atoms with Crippen LogP contribution in [0.25, 0.3) is 22.3 Å². The zero-order chi connectivity index (χ0) is 46.9. The number of carboxylic acids is 1. The highest BCUT2D eigenvalue weighted by atomic mass is 16.8. The van der Waals surface area contributed by atoms with Gasteiger partial charge in [-0.1, -0.05) is 12.2 Å². The van der Waals surface area contributed by atoms with Crippen LogP contribution in [0.15, 0.2) is 87.4 Å². The normalized spacial score (nSPS) is 30.7. The number of aromatic hydroxyl groups is 3. The van der Waals surface area contributed by atoms with Crippen molar-refractivity contribution in [2.75, 3.05) is 6.61 Å². The van der Waals surface area contributed by atoms with Gasteiger partial charge in [0.05, 0.1) is 6.17 Å². The van der Waals surface area contributed by atoms with E-state index < -0.39 is 120 Å². The first-order chi connectivity index (χ1) is 30.8. The number of aliphatic hydroxyl groups excluding tert-OH is 6. The van der Waals surface area contributed by atoms with E-state index in [1.54, 1.807) is 30.5 Å². The number of hydrogen-bond acceptors (Lipinski definition) is 21. The molecule has 65 heavy (non-hydrogen) atoms. The molecule has 4 aromatic rings. The lowest BCUT2D eigenvalue weighted by atomic mass is 9.82. The highest BCUT2D eigenvalue weighted by Gasteiger charge is 2.63. The average molecular weight is 910 g/mol. The Kier molecular flexibility index (Phi) is 11.8. The summed E-state index contributed by atoms with van der Waals surface area (Å²) in [6.07, 6.45) is -13.3. The van der Waals surface area contributed by atoms with Crippen LogP contribution in [-0.4, -0.2) is 152 Å². The average Bonchev–Trinajstić information content (AvgIpc) is 3.73. The Labute approximate surface area is 364 Å². The number of aromatic amines is 1. The number of aliphatic hydroxyl groups is 8. The Morgan fingerprint density at radius 1 is 0.954 bits per heavy atom. The number of hydrogen-bond donors (Lipinski definition) is 15. The molecule has 2 fully saturated rings. The van der Waals surface area contributed by atoms with Gasteiger partial charge in [0.1, 0.15) is 52.6 Å². The van der Waals surface area contributed by atoms with Gasteiger partial charge in [-0.15, -0.1) is 0 Å². The van der Waals surface area contributed by atoms with Crippen LogP contribution in [0.1, 0.15) is 22.7 Å². The second-order valence-electron chi connectivity index (χ2n) is 15.8. The molecule has 1 unspecified atom stereocenters. The Balaban J connectivity index is 1.30. The Morgan fingerprint density at radius 3 is 2.37 bits per heavy atom. The van der Waals surface area contributed by atoms with Gasteiger partial charge in [-0.25, -0.2) is 9.59 Å². The minimum absolute atomic E-state index is 0.0599. The number of benzene rings is 2. The predicted octanol–water partition coefficient (Wildman–Crippen LogP) is -2.65. The van der Waals surface area contributed by atoms with Crippen LogP contribution >= 0.6 is 0 Å². The second kappa shape index (κ2) is 16.9. The van der Waals surface area contributed by atoms with Crippen LogP contribution in [0.5, 0.6) is 23.0 Å². The second-order valence-corrected chi connectivity index (χ2v) is 15.8. The molecular formula is C42H43N3O20. The number of aromatic nitrogens is 1. The summed E-state index contributed by atoms with van der Waals surface area (Å²) < 4.78 is 28.9. The molecule has 4 aliphatic rings. The lowest BCUT2D eigenvalue weighted by Crippen LogP contribution is -2.70. The zero-order valence-corrected chi connectivity index (χ0v) is 33.5. The summed E-state index contributed by atoms with van der Waals surface area (Å²) in [6, 6.07) is 7.81. The van der Waals surface area contributed by atoms with E-state index in [0.29, 0.717) is 11.3 Å². The van der Waals surface area contributed by atoms with Crippen molar-refractivity contribution in [3.8, 4) is 34.3 Å². The van der Waals surface area contributed by atoms with Crippen molar-refractivity contribution in [3.05, 3.63) is 105 Å². The van der Waals surface area contributed by atoms with Crippen molar-refractivity contribution >= 4 is 22.9 Å². The van der Waals surface area contributed by atoms with E-state index in [1.165, 1.54) is 18.3 Å². The largest absolute Gasteiger partial charge is 0.507 e. The fourth-order valence-corrected chi connectivity index (χ4v) is 8.26. The summed E-state index contributed by atoms with van der Waals surface area (Å²) in [7, 11) is 0. The molecule has 0 saturated carbocycles. The van der Waals surface area contributed by atoms with Gasteiger partial charge >= 0.3 is 11.9 Å². The number of phenolic OH excluding ortho intramolecular Hbond substituents is 3. The maximum atomic E-state index is 14.0. The number of H-pyrrole nitrogens is 1. The van der Waals surface area contributed by atoms with Gasteiger partial charge in [0.15, 0.2) is 29.1 Å². The summed E-state index contributed by atoms with van der Waals surface area (Å²) in [6.45, 7) is -0.414. The van der Waals surface area contributed by atoms with Crippen molar-refractivity contribution < 1.29 is 94.2 Å². The third-order valence-corrected chi connectivity index (χ3v) is 11.6. The predicted molar refractivity (Wildman–Crippen MR) is 215 cm³/mol. The van der Waals surface area contributed by atoms with Gasteiger partial charge in [-0.3, -0.25) is 4.79 Å². The number of aliphatic carboxylic acids is 1. The number of rotatable bonds is 9. The number of carbonyl (C=O) groups excluding carboxylic acids is 1. The minimum Gasteiger partial charge on any atom is -0.507 e. The molecule has 23 heteroatoms. The molecule has 8 rings (SSSR count). The monoisotopic (exact) mass is 909 g/mol. The molecule has 11 atom stereocenters. The van der Waals surface area contributed by atoms with Crippen LogP contribution in [0.2, 0.25) is 0 Å². The summed E-state index contributed by atoms with van der Waals surface area (Å²) in [5.41, 5.74) is 5.57. The Hall–Kier alpha value is -6.35. The van der Waals surface area contributed by atoms with Gasteiger partial charge in [0.25, 0.3) is 5.79 Å². The van der Waals surface area contributed by atoms with E-state index in [9.17, 15) is 75.7 Å². The summed E-state index contributed by atoms with van der Waals surface area (Å²) >= 11 is 0. The molecule has 1 spiro atoms. The van der Waals surface area contributed by atoms with Crippen molar-refractivity contribution in [1.82, 2.24) is 10.3 Å². The van der Waals surface area contributed by atoms with E-state index in [1.807, 2.05) is 0 Å². The molecule has 4 aliphatic heterocycles. The van der Waals surface area contributed by atoms with Crippen LogP contribution < -0.4 is 21.2 Å². The highest BCUT2D eigenvalue weighted by molar-refractivity contribution is 5.89. The minimum atomic E-state index is -3.58. The Bertz CT molecular complexity index is 2680. The molecule has 0 aliphatic carbocycles. The zero-order valence-electron chi connectivity index (χ0n) is 33.5. The number of nitrogens with one attached hydrogen (secondary N) is 2. The molecule has 2 aromatic heterocycles. The van der Waals surface area contributed by atoms with E-state index in [2.05, 4.69) is 10.3 Å². The summed E-state index contributed by atoms with van der Waals surface area (Å²) in [4.78, 5) is 42.8. The number of carboxylic acid groups (broad SMARTS) is 1. The van der Waals surface area contributed by atoms with Gasteiger partial charge in [-0.2, -0.15) is 0 Å². The molecular weight excluding hydrogens is 866 g/mol. The number of esters is 1. The number of ether oxygens (including phenoxy) is 4. The fraction of sp³-hybridized carbons (Fsp3) is 0.357. The van der Waals surface area contributed by atoms with Crippen molar-refractivity contribution in [2.45, 2.75) is 85.5 Å². The smallest absolute Gasteiger partial charge is 0.340 e. The molecule has 16 N–H and O–H groups in total. The van der Waals surface area contributed by atoms with Gasteiger partial charge in [0.2, 0.25) is 18.2 Å². The number of carbonyl (C=O) groups is 2. The summed E-state index contributed by atoms with van der Waals surface area (Å²) in [5, 5.41) is 131. The van der Waals surface area contributed by atoms with E-state index in [4.69, 9.17) is 29.1 Å².